The van der Waals surface area contributed by atoms with Crippen LogP contribution in [0.15, 0.2) is 46.8 Å². The van der Waals surface area contributed by atoms with Crippen LogP contribution in [0.1, 0.15) is 11.1 Å². The predicted octanol–water partition coefficient (Wildman–Crippen LogP) is 1.85. The van der Waals surface area contributed by atoms with Crippen molar-refractivity contribution in [2.45, 2.75) is 19.5 Å². The summed E-state index contributed by atoms with van der Waals surface area (Å²) in [5.41, 5.74) is 2.07. The molecule has 1 aliphatic heterocycles. The van der Waals surface area contributed by atoms with E-state index in [9.17, 15) is 13.2 Å². The molecular weight excluding hydrogens is 358 g/mol. The molecule has 0 amide bonds. The molecule has 1 aliphatic rings. The lowest BCUT2D eigenvalue weighted by Gasteiger charge is -2.28. The maximum atomic E-state index is 12.7. The van der Waals surface area contributed by atoms with Gasteiger partial charge in [-0.15, -0.1) is 11.3 Å². The van der Waals surface area contributed by atoms with E-state index in [1.807, 2.05) is 29.6 Å². The van der Waals surface area contributed by atoms with Crippen molar-refractivity contribution in [3.8, 4) is 0 Å². The summed E-state index contributed by atoms with van der Waals surface area (Å²) in [5, 5.41) is 2.35. The molecule has 0 saturated heterocycles. The molecule has 0 N–H and O–H groups in total. The Morgan fingerprint density at radius 2 is 1.96 bits per heavy atom. The fourth-order valence-electron chi connectivity index (χ4n) is 3.10. The van der Waals surface area contributed by atoms with Crippen LogP contribution in [-0.4, -0.2) is 34.6 Å². The molecule has 0 saturated carbocycles. The summed E-state index contributed by atoms with van der Waals surface area (Å²) < 4.78 is 28.3. The molecule has 0 spiro atoms. The van der Waals surface area contributed by atoms with Crippen molar-refractivity contribution in [2.75, 3.05) is 12.3 Å². The topological polar surface area (TPSA) is 72.3 Å². The quantitative estimate of drug-likeness (QED) is 0.698. The molecule has 1 aromatic carbocycles. The van der Waals surface area contributed by atoms with E-state index >= 15 is 0 Å². The molecule has 0 bridgehead atoms. The molecule has 0 aliphatic carbocycles. The van der Waals surface area contributed by atoms with Crippen molar-refractivity contribution in [3.05, 3.63) is 63.5 Å². The van der Waals surface area contributed by atoms with Crippen LogP contribution < -0.4 is 5.56 Å². The Kier molecular flexibility index (Phi) is 4.18. The summed E-state index contributed by atoms with van der Waals surface area (Å²) in [6.07, 6.45) is 2.15. The SMILES string of the molecule is O=c1c2ccsc2ncn1CCS(=O)(=O)N1CCc2ccccc2C1. The number of hydrogen-bond acceptors (Lipinski definition) is 5. The summed E-state index contributed by atoms with van der Waals surface area (Å²) >= 11 is 1.40. The number of aryl methyl sites for hydroxylation is 1. The first-order chi connectivity index (χ1) is 12.0. The molecule has 3 heterocycles. The van der Waals surface area contributed by atoms with Gasteiger partial charge in [0.15, 0.2) is 0 Å². The molecule has 25 heavy (non-hydrogen) atoms. The summed E-state index contributed by atoms with van der Waals surface area (Å²) in [4.78, 5) is 17.3. The first-order valence-corrected chi connectivity index (χ1v) is 10.5. The highest BCUT2D eigenvalue weighted by Gasteiger charge is 2.26. The third-order valence-electron chi connectivity index (χ3n) is 4.53. The summed E-state index contributed by atoms with van der Waals surface area (Å²) in [6.45, 7) is 0.989. The van der Waals surface area contributed by atoms with E-state index in [4.69, 9.17) is 0 Å². The Hall–Kier alpha value is -2.03. The zero-order chi connectivity index (χ0) is 17.4. The largest absolute Gasteiger partial charge is 0.298 e. The van der Waals surface area contributed by atoms with Crippen LogP contribution in [0.5, 0.6) is 0 Å². The van der Waals surface area contributed by atoms with Crippen molar-refractivity contribution < 1.29 is 8.42 Å². The monoisotopic (exact) mass is 375 g/mol. The lowest BCUT2D eigenvalue weighted by molar-refractivity contribution is 0.389. The maximum Gasteiger partial charge on any atom is 0.262 e. The summed E-state index contributed by atoms with van der Waals surface area (Å²) in [5.74, 6) is -0.105. The smallest absolute Gasteiger partial charge is 0.262 e. The van der Waals surface area contributed by atoms with Gasteiger partial charge in [0, 0.05) is 19.6 Å². The standard InChI is InChI=1S/C17H17N3O3S2/c21-17-15-6-9-24-16(15)18-12-19(17)8-10-25(22,23)20-7-5-13-3-1-2-4-14(13)11-20/h1-4,6,9,12H,5,7-8,10-11H2. The second-order valence-corrected chi connectivity index (χ2v) is 9.03. The Balaban J connectivity index is 1.52. The second kappa shape index (κ2) is 6.36. The molecule has 3 aromatic rings. The highest BCUT2D eigenvalue weighted by molar-refractivity contribution is 7.89. The van der Waals surface area contributed by atoms with E-state index in [-0.39, 0.29) is 17.9 Å². The molecule has 8 heteroatoms. The Morgan fingerprint density at radius 1 is 1.16 bits per heavy atom. The zero-order valence-corrected chi connectivity index (χ0v) is 15.1. The van der Waals surface area contributed by atoms with Crippen molar-refractivity contribution in [2.24, 2.45) is 0 Å². The molecule has 0 fully saturated rings. The Bertz CT molecular complexity index is 1090. The molecule has 4 rings (SSSR count). The van der Waals surface area contributed by atoms with E-state index in [2.05, 4.69) is 4.98 Å². The van der Waals surface area contributed by atoms with Gasteiger partial charge in [0.1, 0.15) is 4.83 Å². The minimum absolute atomic E-state index is 0.105. The highest BCUT2D eigenvalue weighted by Crippen LogP contribution is 2.21. The van der Waals surface area contributed by atoms with E-state index in [1.165, 1.54) is 32.1 Å². The molecular formula is C17H17N3O3S2. The van der Waals surface area contributed by atoms with Gasteiger partial charge < -0.3 is 0 Å². The maximum absolute atomic E-state index is 12.7. The Labute approximate surface area is 149 Å². The van der Waals surface area contributed by atoms with E-state index < -0.39 is 10.0 Å². The van der Waals surface area contributed by atoms with Crippen molar-refractivity contribution in [1.29, 1.82) is 0 Å². The van der Waals surface area contributed by atoms with Crippen LogP contribution in [-0.2, 0) is 29.5 Å². The minimum Gasteiger partial charge on any atom is -0.298 e. The van der Waals surface area contributed by atoms with E-state index in [1.54, 1.807) is 6.07 Å². The van der Waals surface area contributed by atoms with Gasteiger partial charge in [-0.2, -0.15) is 4.31 Å². The fourth-order valence-corrected chi connectivity index (χ4v) is 5.22. The molecule has 130 valence electrons. The number of nitrogens with zero attached hydrogens (tertiary/aromatic N) is 3. The fraction of sp³-hybridized carbons (Fsp3) is 0.294. The van der Waals surface area contributed by atoms with Crippen LogP contribution in [0.3, 0.4) is 0 Å². The van der Waals surface area contributed by atoms with Crippen LogP contribution in [0, 0.1) is 0 Å². The van der Waals surface area contributed by atoms with Crippen molar-refractivity contribution in [3.63, 3.8) is 0 Å². The van der Waals surface area contributed by atoms with Crippen LogP contribution in [0.2, 0.25) is 0 Å². The van der Waals surface area contributed by atoms with E-state index in [0.29, 0.717) is 23.3 Å². The zero-order valence-electron chi connectivity index (χ0n) is 13.5. The second-order valence-electron chi connectivity index (χ2n) is 6.05. The normalized spacial score (nSPS) is 15.4. The number of hydrogen-bond donors (Lipinski definition) is 0. The first kappa shape index (κ1) is 16.4. The van der Waals surface area contributed by atoms with Gasteiger partial charge in [-0.3, -0.25) is 9.36 Å². The van der Waals surface area contributed by atoms with Crippen molar-refractivity contribution in [1.82, 2.24) is 13.9 Å². The molecule has 6 nitrogen and oxygen atoms in total. The average Bonchev–Trinajstić information content (AvgIpc) is 3.10. The lowest BCUT2D eigenvalue weighted by Crippen LogP contribution is -2.39. The number of thiophene rings is 1. The molecule has 0 unspecified atom stereocenters. The molecule has 0 radical (unpaired) electrons. The highest BCUT2D eigenvalue weighted by atomic mass is 32.2. The molecule has 2 aromatic heterocycles. The van der Waals surface area contributed by atoms with Gasteiger partial charge in [-0.25, -0.2) is 13.4 Å². The minimum atomic E-state index is -3.43. The third kappa shape index (κ3) is 3.12. The van der Waals surface area contributed by atoms with Crippen molar-refractivity contribution >= 4 is 31.6 Å². The predicted molar refractivity (Wildman–Crippen MR) is 98.2 cm³/mol. The lowest BCUT2D eigenvalue weighted by atomic mass is 10.0. The Morgan fingerprint density at radius 3 is 2.80 bits per heavy atom. The van der Waals surface area contributed by atoms with E-state index in [0.717, 1.165) is 12.0 Å². The number of fused-ring (bicyclic) bond motifs is 2. The summed E-state index contributed by atoms with van der Waals surface area (Å²) in [7, 11) is -3.43. The van der Waals surface area contributed by atoms with Crippen LogP contribution in [0.4, 0.5) is 0 Å². The number of benzene rings is 1. The van der Waals surface area contributed by atoms with Gasteiger partial charge in [-0.1, -0.05) is 24.3 Å². The number of rotatable bonds is 4. The van der Waals surface area contributed by atoms with Gasteiger partial charge >= 0.3 is 0 Å². The first-order valence-electron chi connectivity index (χ1n) is 8.02. The number of aromatic nitrogens is 2. The van der Waals surface area contributed by atoms with Gasteiger partial charge in [0.2, 0.25) is 10.0 Å². The van der Waals surface area contributed by atoms with Gasteiger partial charge in [-0.05, 0) is 29.0 Å². The molecule has 0 atom stereocenters. The average molecular weight is 375 g/mol. The van der Waals surface area contributed by atoms with Crippen LogP contribution >= 0.6 is 11.3 Å². The summed E-state index contributed by atoms with van der Waals surface area (Å²) in [6, 6.07) is 9.64. The van der Waals surface area contributed by atoms with Crippen LogP contribution in [0.25, 0.3) is 10.2 Å². The third-order valence-corrected chi connectivity index (χ3v) is 7.15. The number of sulfonamides is 1. The van der Waals surface area contributed by atoms with Gasteiger partial charge in [0.25, 0.3) is 5.56 Å². The van der Waals surface area contributed by atoms with Gasteiger partial charge in [0.05, 0.1) is 17.5 Å².